The topological polar surface area (TPSA) is 84.9 Å². The van der Waals surface area contributed by atoms with Crippen molar-refractivity contribution in [2.24, 2.45) is 0 Å². The molecule has 1 amide bonds. The molecule has 6 heteroatoms. The minimum atomic E-state index is -0.638. The fraction of sp³-hybridized carbons (Fsp3) is 0.273. The minimum Gasteiger partial charge on any atom is -0.504 e. The molecule has 0 saturated heterocycles. The van der Waals surface area contributed by atoms with Gasteiger partial charge in [0.25, 0.3) is 5.91 Å². The largest absolute Gasteiger partial charge is 0.504 e. The number of methoxy groups -OCH3 is 1. The smallest absolute Gasteiger partial charge is 0.331 e. The third-order valence-corrected chi connectivity index (χ3v) is 4.37. The van der Waals surface area contributed by atoms with Crippen LogP contribution < -0.4 is 10.1 Å². The van der Waals surface area contributed by atoms with Crippen molar-refractivity contribution in [3.05, 3.63) is 64.7 Å². The number of ether oxygens (including phenoxy) is 2. The van der Waals surface area contributed by atoms with Gasteiger partial charge in [-0.05, 0) is 61.2 Å². The number of hydrogen-bond donors (Lipinski definition) is 2. The minimum absolute atomic E-state index is 0.0109. The summed E-state index contributed by atoms with van der Waals surface area (Å²) in [6, 6.07) is 10.5. The van der Waals surface area contributed by atoms with Gasteiger partial charge >= 0.3 is 5.97 Å². The van der Waals surface area contributed by atoms with Crippen molar-refractivity contribution in [1.29, 1.82) is 0 Å². The second kappa shape index (κ2) is 9.60. The maximum absolute atomic E-state index is 12.0. The second-order valence-electron chi connectivity index (χ2n) is 6.51. The number of phenolic OH excluding ortho intramolecular Hbond substituents is 1. The highest BCUT2D eigenvalue weighted by Crippen LogP contribution is 2.26. The molecule has 0 bridgehead atoms. The molecule has 6 nitrogen and oxygen atoms in total. The van der Waals surface area contributed by atoms with Gasteiger partial charge < -0.3 is 19.9 Å². The highest BCUT2D eigenvalue weighted by atomic mass is 16.5. The number of nitrogens with one attached hydrogen (secondary N) is 1. The lowest BCUT2D eigenvalue weighted by molar-refractivity contribution is -0.144. The molecule has 148 valence electrons. The Morgan fingerprint density at radius 1 is 1.14 bits per heavy atom. The van der Waals surface area contributed by atoms with E-state index in [1.165, 1.54) is 30.9 Å². The molecule has 0 fully saturated rings. The summed E-state index contributed by atoms with van der Waals surface area (Å²) in [5.74, 6) is -0.702. The van der Waals surface area contributed by atoms with Crippen LogP contribution in [0, 0.1) is 13.8 Å². The van der Waals surface area contributed by atoms with Crippen molar-refractivity contribution in [3.8, 4) is 11.5 Å². The van der Waals surface area contributed by atoms with E-state index in [0.717, 1.165) is 11.1 Å². The van der Waals surface area contributed by atoms with Crippen molar-refractivity contribution < 1.29 is 24.2 Å². The van der Waals surface area contributed by atoms with Crippen molar-refractivity contribution in [1.82, 2.24) is 5.32 Å². The third-order valence-electron chi connectivity index (χ3n) is 4.37. The fourth-order valence-corrected chi connectivity index (χ4v) is 2.55. The van der Waals surface area contributed by atoms with Crippen LogP contribution >= 0.6 is 0 Å². The Morgan fingerprint density at radius 3 is 2.57 bits per heavy atom. The van der Waals surface area contributed by atoms with Crippen LogP contribution in [0.4, 0.5) is 0 Å². The molecule has 0 aliphatic heterocycles. The number of esters is 1. The lowest BCUT2D eigenvalue weighted by Crippen LogP contribution is -2.31. The Labute approximate surface area is 164 Å². The molecule has 28 heavy (non-hydrogen) atoms. The monoisotopic (exact) mass is 383 g/mol. The van der Waals surface area contributed by atoms with Crippen LogP contribution in [0.15, 0.2) is 42.5 Å². The molecule has 0 aliphatic rings. The Bertz CT molecular complexity index is 888. The van der Waals surface area contributed by atoms with E-state index >= 15 is 0 Å². The van der Waals surface area contributed by atoms with Crippen LogP contribution in [0.5, 0.6) is 11.5 Å². The van der Waals surface area contributed by atoms with Crippen molar-refractivity contribution in [3.63, 3.8) is 0 Å². The van der Waals surface area contributed by atoms with E-state index in [1.54, 1.807) is 12.1 Å². The molecule has 0 radical (unpaired) electrons. The van der Waals surface area contributed by atoms with Crippen LogP contribution in [0.25, 0.3) is 6.08 Å². The molecule has 0 aliphatic carbocycles. The number of aryl methyl sites for hydroxylation is 2. The zero-order valence-electron chi connectivity index (χ0n) is 16.5. The molecule has 2 aromatic carbocycles. The van der Waals surface area contributed by atoms with E-state index in [4.69, 9.17) is 9.47 Å². The molecule has 0 unspecified atom stereocenters. The van der Waals surface area contributed by atoms with Gasteiger partial charge in [-0.1, -0.05) is 24.3 Å². The second-order valence-corrected chi connectivity index (χ2v) is 6.51. The lowest BCUT2D eigenvalue weighted by Gasteiger charge is -2.15. The zero-order valence-corrected chi connectivity index (χ0v) is 16.5. The number of aromatic hydroxyl groups is 1. The van der Waals surface area contributed by atoms with Gasteiger partial charge in [-0.25, -0.2) is 4.79 Å². The summed E-state index contributed by atoms with van der Waals surface area (Å²) >= 11 is 0. The van der Waals surface area contributed by atoms with Crippen molar-refractivity contribution in [2.45, 2.75) is 26.8 Å². The Kier molecular flexibility index (Phi) is 7.21. The molecule has 0 spiro atoms. The Balaban J connectivity index is 1.84. The van der Waals surface area contributed by atoms with Gasteiger partial charge in [0, 0.05) is 6.08 Å². The molecular formula is C22H25NO5. The summed E-state index contributed by atoms with van der Waals surface area (Å²) in [5, 5.41) is 12.4. The Hall–Kier alpha value is -3.28. The van der Waals surface area contributed by atoms with Gasteiger partial charge in [-0.3, -0.25) is 4.79 Å². The molecule has 2 rings (SSSR count). The lowest BCUT2D eigenvalue weighted by atomic mass is 10.0. The van der Waals surface area contributed by atoms with Gasteiger partial charge in [0.15, 0.2) is 18.1 Å². The van der Waals surface area contributed by atoms with Crippen LogP contribution in [-0.4, -0.2) is 30.7 Å². The molecule has 2 N–H and O–H groups in total. The quantitative estimate of drug-likeness (QED) is 0.565. The first kappa shape index (κ1) is 21.0. The van der Waals surface area contributed by atoms with Gasteiger partial charge in [-0.15, -0.1) is 0 Å². The summed E-state index contributed by atoms with van der Waals surface area (Å²) in [5.41, 5.74) is 3.98. The van der Waals surface area contributed by atoms with Crippen molar-refractivity contribution >= 4 is 18.0 Å². The number of benzene rings is 2. The normalized spacial score (nSPS) is 11.9. The first-order valence-electron chi connectivity index (χ1n) is 8.88. The summed E-state index contributed by atoms with van der Waals surface area (Å²) in [7, 11) is 1.44. The number of hydrogen-bond acceptors (Lipinski definition) is 5. The third kappa shape index (κ3) is 5.87. The maximum atomic E-state index is 12.0. The van der Waals surface area contributed by atoms with E-state index in [2.05, 4.69) is 5.32 Å². The summed E-state index contributed by atoms with van der Waals surface area (Å²) in [4.78, 5) is 23.8. The number of carbonyl (C=O) groups excluding carboxylic acids is 2. The van der Waals surface area contributed by atoms with Crippen LogP contribution in [-0.2, 0) is 14.3 Å². The van der Waals surface area contributed by atoms with Crippen LogP contribution in [0.1, 0.15) is 35.2 Å². The van der Waals surface area contributed by atoms with Gasteiger partial charge in [-0.2, -0.15) is 0 Å². The van der Waals surface area contributed by atoms with Crippen LogP contribution in [0.2, 0.25) is 0 Å². The molecular weight excluding hydrogens is 358 g/mol. The summed E-state index contributed by atoms with van der Waals surface area (Å²) < 4.78 is 9.97. The van der Waals surface area contributed by atoms with Gasteiger partial charge in [0.05, 0.1) is 13.2 Å². The van der Waals surface area contributed by atoms with Gasteiger partial charge in [0.1, 0.15) is 0 Å². The van der Waals surface area contributed by atoms with E-state index in [-0.39, 0.29) is 24.3 Å². The first-order chi connectivity index (χ1) is 13.3. The molecule has 1 atom stereocenters. The highest BCUT2D eigenvalue weighted by molar-refractivity contribution is 5.89. The highest BCUT2D eigenvalue weighted by Gasteiger charge is 2.11. The van der Waals surface area contributed by atoms with E-state index in [0.29, 0.717) is 11.3 Å². The number of phenols is 1. The fourth-order valence-electron chi connectivity index (χ4n) is 2.55. The molecule has 0 saturated carbocycles. The van der Waals surface area contributed by atoms with Crippen LogP contribution in [0.3, 0.4) is 0 Å². The average Bonchev–Trinajstić information content (AvgIpc) is 2.67. The number of amides is 1. The molecule has 0 heterocycles. The van der Waals surface area contributed by atoms with E-state index in [1.807, 2.05) is 39.0 Å². The average molecular weight is 383 g/mol. The number of rotatable bonds is 7. The predicted molar refractivity (Wildman–Crippen MR) is 107 cm³/mol. The Morgan fingerprint density at radius 2 is 1.89 bits per heavy atom. The molecule has 2 aromatic rings. The van der Waals surface area contributed by atoms with E-state index in [9.17, 15) is 14.7 Å². The van der Waals surface area contributed by atoms with Gasteiger partial charge in [0.2, 0.25) is 0 Å². The molecule has 0 aromatic heterocycles. The maximum Gasteiger partial charge on any atom is 0.331 e. The van der Waals surface area contributed by atoms with E-state index < -0.39 is 5.97 Å². The standard InChI is InChI=1S/C22H25NO5/c1-14-5-8-18(11-15(14)2)16(3)23-21(25)13-28-22(26)10-7-17-6-9-19(24)20(12-17)27-4/h5-12,16,24H,13H2,1-4H3,(H,23,25)/b10-7+/t16-/m0/s1. The van der Waals surface area contributed by atoms with Crippen molar-refractivity contribution in [2.75, 3.05) is 13.7 Å². The number of carbonyl (C=O) groups is 2. The first-order valence-corrected chi connectivity index (χ1v) is 8.88. The summed E-state index contributed by atoms with van der Waals surface area (Å²) in [6.45, 7) is 5.56. The predicted octanol–water partition coefficient (Wildman–Crippen LogP) is 3.45. The SMILES string of the molecule is COc1cc(/C=C/C(=O)OCC(=O)N[C@@H](C)c2ccc(C)c(C)c2)ccc1O. The summed E-state index contributed by atoms with van der Waals surface area (Å²) in [6.07, 6.45) is 2.73. The zero-order chi connectivity index (χ0) is 20.7.